The average Bonchev–Trinajstić information content (AvgIpc) is 2.59. The van der Waals surface area contributed by atoms with Crippen molar-refractivity contribution in [2.45, 2.75) is 6.42 Å². The lowest BCUT2D eigenvalue weighted by Crippen LogP contribution is -2.19. The van der Waals surface area contributed by atoms with E-state index in [1.807, 2.05) is 29.3 Å². The molecule has 0 unspecified atom stereocenters. The maximum absolute atomic E-state index is 9.06. The van der Waals surface area contributed by atoms with Crippen LogP contribution in [0.25, 0.3) is 0 Å². The Balaban J connectivity index is 2.04. The third-order valence-corrected chi connectivity index (χ3v) is 3.48. The predicted molar refractivity (Wildman–Crippen MR) is 81.9 cm³/mol. The van der Waals surface area contributed by atoms with E-state index in [1.54, 1.807) is 26.5 Å². The van der Waals surface area contributed by atoms with Crippen molar-refractivity contribution in [1.29, 1.82) is 10.5 Å². The fraction of sp³-hybridized carbons (Fsp3) is 0.294. The van der Waals surface area contributed by atoms with E-state index in [-0.39, 0.29) is 0 Å². The fourth-order valence-electron chi connectivity index (χ4n) is 2.25. The van der Waals surface area contributed by atoms with Gasteiger partial charge in [0.25, 0.3) is 0 Å². The minimum Gasteiger partial charge on any atom is -0.493 e. The SMILES string of the molecule is COc1ccc(CCN2C=C[C@@H](C#N)C(C#N)=C2)cc1OC. The Hall–Kier alpha value is -2.92. The number of nitriles is 2. The molecule has 1 heterocycles. The Morgan fingerprint density at radius 1 is 1.18 bits per heavy atom. The number of nitrogens with zero attached hydrogens (tertiary/aromatic N) is 3. The lowest BCUT2D eigenvalue weighted by Gasteiger charge is -2.21. The molecule has 1 aliphatic heterocycles. The molecule has 2 rings (SSSR count). The highest BCUT2D eigenvalue weighted by molar-refractivity contribution is 5.43. The standard InChI is InChI=1S/C17H17N3O2/c1-21-16-4-3-13(9-17(16)22-2)5-7-20-8-6-14(10-18)15(11-19)12-20/h3-4,6,8-9,12,14H,5,7H2,1-2H3/t14-/m0/s1. The van der Waals surface area contributed by atoms with Crippen molar-refractivity contribution in [2.24, 2.45) is 5.92 Å². The lowest BCUT2D eigenvalue weighted by molar-refractivity contribution is 0.354. The molecule has 0 radical (unpaired) electrons. The molecule has 0 bridgehead atoms. The second kappa shape index (κ2) is 7.19. The maximum Gasteiger partial charge on any atom is 0.160 e. The number of benzene rings is 1. The van der Waals surface area contributed by atoms with Gasteiger partial charge in [0, 0.05) is 18.9 Å². The van der Waals surface area contributed by atoms with Gasteiger partial charge in [-0.05, 0) is 30.2 Å². The van der Waals surface area contributed by atoms with Crippen LogP contribution in [0.15, 0.2) is 42.2 Å². The first-order valence-electron chi connectivity index (χ1n) is 6.88. The highest BCUT2D eigenvalue weighted by atomic mass is 16.5. The van der Waals surface area contributed by atoms with Crippen LogP contribution in [0.1, 0.15) is 5.56 Å². The first kappa shape index (κ1) is 15.5. The number of methoxy groups -OCH3 is 2. The van der Waals surface area contributed by atoms with Crippen molar-refractivity contribution in [2.75, 3.05) is 20.8 Å². The molecule has 0 N–H and O–H groups in total. The topological polar surface area (TPSA) is 69.3 Å². The average molecular weight is 295 g/mol. The van der Waals surface area contributed by atoms with Crippen molar-refractivity contribution >= 4 is 0 Å². The summed E-state index contributed by atoms with van der Waals surface area (Å²) in [6.45, 7) is 0.718. The summed E-state index contributed by atoms with van der Waals surface area (Å²) in [5.74, 6) is 0.960. The van der Waals surface area contributed by atoms with Gasteiger partial charge >= 0.3 is 0 Å². The van der Waals surface area contributed by atoms with Crippen LogP contribution in [-0.2, 0) is 6.42 Å². The fourth-order valence-corrected chi connectivity index (χ4v) is 2.25. The Labute approximate surface area is 130 Å². The molecule has 0 saturated heterocycles. The highest BCUT2D eigenvalue weighted by Gasteiger charge is 2.16. The van der Waals surface area contributed by atoms with Crippen LogP contribution in [0.3, 0.4) is 0 Å². The van der Waals surface area contributed by atoms with Crippen LogP contribution in [0.5, 0.6) is 11.5 Å². The quantitative estimate of drug-likeness (QED) is 0.835. The van der Waals surface area contributed by atoms with E-state index >= 15 is 0 Å². The Morgan fingerprint density at radius 2 is 1.95 bits per heavy atom. The van der Waals surface area contributed by atoms with Crippen LogP contribution in [-0.4, -0.2) is 25.7 Å². The summed E-state index contributed by atoms with van der Waals surface area (Å²) < 4.78 is 10.5. The van der Waals surface area contributed by atoms with Crippen LogP contribution in [0.2, 0.25) is 0 Å². The number of allylic oxidation sites excluding steroid dienone is 2. The molecule has 5 nitrogen and oxygen atoms in total. The zero-order valence-electron chi connectivity index (χ0n) is 12.6. The summed E-state index contributed by atoms with van der Waals surface area (Å²) in [6.07, 6.45) is 6.11. The number of ether oxygens (including phenoxy) is 2. The number of hydrogen-bond donors (Lipinski definition) is 0. The van der Waals surface area contributed by atoms with Gasteiger partial charge in [-0.3, -0.25) is 0 Å². The Morgan fingerprint density at radius 3 is 2.59 bits per heavy atom. The second-order valence-corrected chi connectivity index (χ2v) is 4.82. The van der Waals surface area contributed by atoms with E-state index in [9.17, 15) is 0 Å². The maximum atomic E-state index is 9.06. The predicted octanol–water partition coefficient (Wildman–Crippen LogP) is 2.62. The number of rotatable bonds is 5. The molecule has 0 aliphatic carbocycles. The van der Waals surface area contributed by atoms with Gasteiger partial charge in [-0.25, -0.2) is 0 Å². The lowest BCUT2D eigenvalue weighted by atomic mass is 10.0. The molecule has 0 fully saturated rings. The first-order chi connectivity index (χ1) is 10.7. The summed E-state index contributed by atoms with van der Waals surface area (Å²) in [5.41, 5.74) is 1.58. The van der Waals surface area contributed by atoms with Gasteiger partial charge in [0.15, 0.2) is 11.5 Å². The van der Waals surface area contributed by atoms with Crippen molar-refractivity contribution in [1.82, 2.24) is 4.90 Å². The summed E-state index contributed by atoms with van der Waals surface area (Å²) in [5, 5.41) is 18.0. The molecule has 0 spiro atoms. The Kier molecular flexibility index (Phi) is 5.06. The third-order valence-electron chi connectivity index (χ3n) is 3.48. The molecule has 0 aromatic heterocycles. The van der Waals surface area contributed by atoms with Gasteiger partial charge in [-0.1, -0.05) is 6.07 Å². The number of hydrogen-bond acceptors (Lipinski definition) is 5. The first-order valence-corrected chi connectivity index (χ1v) is 6.88. The van der Waals surface area contributed by atoms with E-state index in [0.717, 1.165) is 18.5 Å². The van der Waals surface area contributed by atoms with Crippen molar-refractivity contribution in [3.05, 3.63) is 47.8 Å². The monoisotopic (exact) mass is 295 g/mol. The zero-order chi connectivity index (χ0) is 15.9. The van der Waals surface area contributed by atoms with Crippen LogP contribution < -0.4 is 9.47 Å². The van der Waals surface area contributed by atoms with Gasteiger partial charge in [-0.15, -0.1) is 0 Å². The molecule has 1 aromatic rings. The zero-order valence-corrected chi connectivity index (χ0v) is 12.6. The second-order valence-electron chi connectivity index (χ2n) is 4.82. The normalized spacial score (nSPS) is 16.5. The minimum atomic E-state index is -0.442. The van der Waals surface area contributed by atoms with E-state index in [1.165, 1.54) is 0 Å². The molecule has 112 valence electrons. The molecular weight excluding hydrogens is 278 g/mol. The van der Waals surface area contributed by atoms with Gasteiger partial charge in [0.2, 0.25) is 0 Å². The molecule has 1 aliphatic rings. The largest absolute Gasteiger partial charge is 0.493 e. The van der Waals surface area contributed by atoms with E-state index < -0.39 is 5.92 Å². The van der Waals surface area contributed by atoms with Crippen LogP contribution >= 0.6 is 0 Å². The van der Waals surface area contributed by atoms with E-state index in [0.29, 0.717) is 17.1 Å². The van der Waals surface area contributed by atoms with Crippen LogP contribution in [0, 0.1) is 28.6 Å². The van der Waals surface area contributed by atoms with Gasteiger partial charge in [0.05, 0.1) is 31.9 Å². The van der Waals surface area contributed by atoms with Crippen molar-refractivity contribution < 1.29 is 9.47 Å². The van der Waals surface area contributed by atoms with Gasteiger partial charge in [0.1, 0.15) is 5.92 Å². The molecule has 5 heteroatoms. The van der Waals surface area contributed by atoms with E-state index in [2.05, 4.69) is 12.1 Å². The molecule has 0 amide bonds. The summed E-state index contributed by atoms with van der Waals surface area (Å²) in [4.78, 5) is 1.92. The van der Waals surface area contributed by atoms with Crippen molar-refractivity contribution in [3.8, 4) is 23.6 Å². The molecule has 1 aromatic carbocycles. The highest BCUT2D eigenvalue weighted by Crippen LogP contribution is 2.28. The summed E-state index contributed by atoms with van der Waals surface area (Å²) >= 11 is 0. The summed E-state index contributed by atoms with van der Waals surface area (Å²) in [6, 6.07) is 9.98. The smallest absolute Gasteiger partial charge is 0.160 e. The molecule has 1 atom stereocenters. The molecule has 0 saturated carbocycles. The third kappa shape index (κ3) is 3.39. The molecule has 22 heavy (non-hydrogen) atoms. The minimum absolute atomic E-state index is 0.442. The van der Waals surface area contributed by atoms with Gasteiger partial charge in [-0.2, -0.15) is 10.5 Å². The van der Waals surface area contributed by atoms with Crippen molar-refractivity contribution in [3.63, 3.8) is 0 Å². The summed E-state index contributed by atoms with van der Waals surface area (Å²) in [7, 11) is 3.22. The Bertz CT molecular complexity index is 680. The van der Waals surface area contributed by atoms with E-state index in [4.69, 9.17) is 20.0 Å². The van der Waals surface area contributed by atoms with Crippen LogP contribution in [0.4, 0.5) is 0 Å². The van der Waals surface area contributed by atoms with Gasteiger partial charge < -0.3 is 14.4 Å². The molecular formula is C17H17N3O2.